The van der Waals surface area contributed by atoms with Crippen molar-refractivity contribution in [1.82, 2.24) is 5.32 Å². The van der Waals surface area contributed by atoms with Crippen molar-refractivity contribution in [3.05, 3.63) is 94.0 Å². The summed E-state index contributed by atoms with van der Waals surface area (Å²) in [6, 6.07) is 22.5. The quantitative estimate of drug-likeness (QED) is 0.593. The van der Waals surface area contributed by atoms with Gasteiger partial charge in [-0.25, -0.2) is 4.79 Å². The number of carbonyl (C=O) groups is 2. The molecule has 0 heterocycles. The fourth-order valence-electron chi connectivity index (χ4n) is 3.90. The molecule has 0 saturated heterocycles. The molecule has 4 rings (SSSR count). The molecule has 30 heavy (non-hydrogen) atoms. The smallest absolute Gasteiger partial charge is 0.407 e. The monoisotopic (exact) mass is 464 g/mol. The molecule has 1 aliphatic rings. The third kappa shape index (κ3) is 4.24. The molecule has 3 aromatic carbocycles. The normalized spacial score (nSPS) is 13.2. The van der Waals surface area contributed by atoms with Gasteiger partial charge >= 0.3 is 6.09 Å². The lowest BCUT2D eigenvalue weighted by atomic mass is 9.98. The summed E-state index contributed by atoms with van der Waals surface area (Å²) in [4.78, 5) is 23.7. The van der Waals surface area contributed by atoms with Crippen molar-refractivity contribution in [2.45, 2.75) is 18.4 Å². The van der Waals surface area contributed by atoms with E-state index in [1.807, 2.05) is 36.4 Å². The number of benzene rings is 3. The molecule has 0 aliphatic heterocycles. The van der Waals surface area contributed by atoms with Gasteiger partial charge in [0.05, 0.1) is 6.04 Å². The van der Waals surface area contributed by atoms with E-state index in [4.69, 9.17) is 4.74 Å². The van der Waals surface area contributed by atoms with Crippen LogP contribution < -0.4 is 10.4 Å². The van der Waals surface area contributed by atoms with Gasteiger partial charge in [-0.3, -0.25) is 0 Å². The Bertz CT molecular complexity index is 1040. The summed E-state index contributed by atoms with van der Waals surface area (Å²) in [5.74, 6) is -1.31. The lowest BCUT2D eigenvalue weighted by molar-refractivity contribution is -0.306. The van der Waals surface area contributed by atoms with Crippen molar-refractivity contribution in [2.24, 2.45) is 0 Å². The van der Waals surface area contributed by atoms with Gasteiger partial charge in [0, 0.05) is 22.8 Å². The van der Waals surface area contributed by atoms with Crippen molar-refractivity contribution in [3.63, 3.8) is 0 Å². The van der Waals surface area contributed by atoms with Gasteiger partial charge in [0.1, 0.15) is 6.61 Å². The van der Waals surface area contributed by atoms with E-state index >= 15 is 0 Å². The van der Waals surface area contributed by atoms with Crippen LogP contribution in [0.25, 0.3) is 11.1 Å². The molecule has 0 spiro atoms. The highest BCUT2D eigenvalue weighted by molar-refractivity contribution is 9.10. The molecule has 0 saturated carbocycles. The fourth-order valence-corrected chi connectivity index (χ4v) is 4.16. The van der Waals surface area contributed by atoms with Crippen LogP contribution in [0.4, 0.5) is 4.79 Å². The molecule has 0 bridgehead atoms. The van der Waals surface area contributed by atoms with Crippen molar-refractivity contribution in [1.29, 1.82) is 0 Å². The van der Waals surface area contributed by atoms with Gasteiger partial charge in [0.2, 0.25) is 0 Å². The Labute approximate surface area is 182 Å². The number of hydrogen-bond donors (Lipinski definition) is 1. The minimum atomic E-state index is -1.25. The van der Waals surface area contributed by atoms with Crippen LogP contribution in [0.15, 0.2) is 77.3 Å². The number of halogens is 1. The maximum atomic E-state index is 12.5. The first-order valence-corrected chi connectivity index (χ1v) is 10.4. The molecule has 1 atom stereocenters. The van der Waals surface area contributed by atoms with Gasteiger partial charge in [-0.05, 0) is 39.9 Å². The Morgan fingerprint density at radius 1 is 0.933 bits per heavy atom. The minimum absolute atomic E-state index is 0.0598. The Morgan fingerprint density at radius 3 is 2.07 bits per heavy atom. The molecule has 1 aliphatic carbocycles. The van der Waals surface area contributed by atoms with E-state index < -0.39 is 18.1 Å². The van der Waals surface area contributed by atoms with Crippen LogP contribution in [0.2, 0.25) is 0 Å². The second kappa shape index (κ2) is 8.71. The third-order valence-corrected chi connectivity index (χ3v) is 5.81. The average molecular weight is 465 g/mol. The van der Waals surface area contributed by atoms with Gasteiger partial charge in [-0.1, -0.05) is 76.6 Å². The van der Waals surface area contributed by atoms with E-state index in [1.54, 1.807) is 24.3 Å². The molecule has 5 nitrogen and oxygen atoms in total. The highest BCUT2D eigenvalue weighted by atomic mass is 79.9. The number of carboxylic acids is 1. The molecule has 6 heteroatoms. The molecule has 0 radical (unpaired) electrons. The third-order valence-electron chi connectivity index (χ3n) is 5.28. The van der Waals surface area contributed by atoms with Gasteiger partial charge in [0.15, 0.2) is 0 Å². The summed E-state index contributed by atoms with van der Waals surface area (Å²) >= 11 is 3.34. The Balaban J connectivity index is 1.47. The largest absolute Gasteiger partial charge is 0.550 e. The number of alkyl carbamates (subject to hydrolysis) is 1. The van der Waals surface area contributed by atoms with Crippen molar-refractivity contribution in [2.75, 3.05) is 6.61 Å². The van der Waals surface area contributed by atoms with Gasteiger partial charge in [-0.15, -0.1) is 0 Å². The summed E-state index contributed by atoms with van der Waals surface area (Å²) in [6.45, 7) is 0.165. The zero-order valence-electron chi connectivity index (χ0n) is 16.0. The molecular formula is C24H19BrNO4-. The second-order valence-corrected chi connectivity index (χ2v) is 8.07. The van der Waals surface area contributed by atoms with E-state index in [2.05, 4.69) is 33.4 Å². The number of amides is 1. The number of aliphatic carboxylic acids is 1. The number of fused-ring (bicyclic) bond motifs is 3. The van der Waals surface area contributed by atoms with Crippen molar-refractivity contribution < 1.29 is 19.4 Å². The number of carboxylic acid groups (broad SMARTS) is 1. The standard InChI is InChI=1S/C24H20BrNO4/c25-16-11-9-15(10-12-16)22(13-23(27)28)26-24(29)30-14-21-19-7-3-1-5-17(19)18-6-2-4-8-20(18)21/h1-12,21-22H,13-14H2,(H,26,29)(H,27,28)/p-1/t22-/m1/s1. The van der Waals surface area contributed by atoms with E-state index in [9.17, 15) is 14.7 Å². The van der Waals surface area contributed by atoms with E-state index in [-0.39, 0.29) is 18.9 Å². The first-order chi connectivity index (χ1) is 14.5. The molecule has 0 aromatic heterocycles. The highest BCUT2D eigenvalue weighted by Gasteiger charge is 2.29. The first-order valence-electron chi connectivity index (χ1n) is 9.59. The molecule has 152 valence electrons. The van der Waals surface area contributed by atoms with E-state index in [1.165, 1.54) is 0 Å². The van der Waals surface area contributed by atoms with Crippen LogP contribution >= 0.6 is 15.9 Å². The van der Waals surface area contributed by atoms with Gasteiger partial charge < -0.3 is 20.0 Å². The SMILES string of the molecule is O=C([O-])C[C@@H](NC(=O)OCC1c2ccccc2-c2ccccc21)c1ccc(Br)cc1. The average Bonchev–Trinajstić information content (AvgIpc) is 3.06. The zero-order valence-corrected chi connectivity index (χ0v) is 17.6. The van der Waals surface area contributed by atoms with Crippen LogP contribution in [0.5, 0.6) is 0 Å². The molecule has 1 N–H and O–H groups in total. The zero-order chi connectivity index (χ0) is 21.1. The van der Waals surface area contributed by atoms with E-state index in [0.29, 0.717) is 5.56 Å². The van der Waals surface area contributed by atoms with Crippen LogP contribution in [0, 0.1) is 0 Å². The number of nitrogens with one attached hydrogen (secondary N) is 1. The summed E-state index contributed by atoms with van der Waals surface area (Å²) < 4.78 is 6.39. The number of ether oxygens (including phenoxy) is 1. The molecular weight excluding hydrogens is 446 g/mol. The molecule has 0 unspecified atom stereocenters. The summed E-state index contributed by atoms with van der Waals surface area (Å²) in [7, 11) is 0. The van der Waals surface area contributed by atoms with Gasteiger partial charge in [0.25, 0.3) is 0 Å². The molecule has 0 fully saturated rings. The summed E-state index contributed by atoms with van der Waals surface area (Å²) in [5, 5.41) is 13.8. The molecule has 3 aromatic rings. The predicted octanol–water partition coefficient (Wildman–Crippen LogP) is 4.17. The number of rotatable bonds is 6. The maximum absolute atomic E-state index is 12.5. The Hall–Kier alpha value is -3.12. The second-order valence-electron chi connectivity index (χ2n) is 7.15. The lowest BCUT2D eigenvalue weighted by Crippen LogP contribution is -2.35. The maximum Gasteiger partial charge on any atom is 0.407 e. The lowest BCUT2D eigenvalue weighted by Gasteiger charge is -2.21. The van der Waals surface area contributed by atoms with Crippen LogP contribution in [-0.2, 0) is 9.53 Å². The van der Waals surface area contributed by atoms with E-state index in [0.717, 1.165) is 26.7 Å². The predicted molar refractivity (Wildman–Crippen MR) is 115 cm³/mol. The van der Waals surface area contributed by atoms with Crippen LogP contribution in [0.1, 0.15) is 35.1 Å². The van der Waals surface area contributed by atoms with Crippen molar-refractivity contribution in [3.8, 4) is 11.1 Å². The Kier molecular flexibility index (Phi) is 5.86. The highest BCUT2D eigenvalue weighted by Crippen LogP contribution is 2.44. The summed E-state index contributed by atoms with van der Waals surface area (Å²) in [5.41, 5.74) is 5.19. The van der Waals surface area contributed by atoms with Crippen molar-refractivity contribution >= 4 is 28.0 Å². The van der Waals surface area contributed by atoms with Gasteiger partial charge in [-0.2, -0.15) is 0 Å². The minimum Gasteiger partial charge on any atom is -0.550 e. The summed E-state index contributed by atoms with van der Waals surface area (Å²) in [6.07, 6.45) is -1.00. The fraction of sp³-hybridized carbons (Fsp3) is 0.167. The molecule has 1 amide bonds. The topological polar surface area (TPSA) is 78.5 Å². The van der Waals surface area contributed by atoms with Crippen LogP contribution in [0.3, 0.4) is 0 Å². The van der Waals surface area contributed by atoms with Crippen LogP contribution in [-0.4, -0.2) is 18.7 Å². The number of carbonyl (C=O) groups excluding carboxylic acids is 2. The first kappa shape index (κ1) is 20.2. The number of hydrogen-bond acceptors (Lipinski definition) is 4. The Morgan fingerprint density at radius 2 is 1.50 bits per heavy atom.